The molecule has 142 valence electrons. The number of nitrogens with zero attached hydrogens (tertiary/aromatic N) is 2. The molecular formula is C18H25N3O4S. The number of hydrogen-bond acceptors (Lipinski definition) is 4. The summed E-state index contributed by atoms with van der Waals surface area (Å²) in [6.45, 7) is 7.43. The van der Waals surface area contributed by atoms with Gasteiger partial charge in [0.25, 0.3) is 0 Å². The van der Waals surface area contributed by atoms with Crippen molar-refractivity contribution in [2.75, 3.05) is 23.0 Å². The lowest BCUT2D eigenvalue weighted by molar-refractivity contribution is -0.122. The van der Waals surface area contributed by atoms with Crippen LogP contribution in [0.1, 0.15) is 25.0 Å². The molecule has 0 aromatic heterocycles. The molecule has 1 aromatic carbocycles. The van der Waals surface area contributed by atoms with Crippen molar-refractivity contribution in [2.24, 2.45) is 0 Å². The van der Waals surface area contributed by atoms with Crippen LogP contribution < -0.4 is 10.2 Å². The quantitative estimate of drug-likeness (QED) is 0.798. The lowest BCUT2D eigenvalue weighted by Crippen LogP contribution is -2.45. The van der Waals surface area contributed by atoms with Gasteiger partial charge in [-0.3, -0.25) is 9.69 Å². The highest BCUT2D eigenvalue weighted by molar-refractivity contribution is 7.91. The van der Waals surface area contributed by atoms with Crippen molar-refractivity contribution in [3.8, 4) is 0 Å². The normalized spacial score (nSPS) is 24.3. The molecule has 7 nitrogen and oxygen atoms in total. The van der Waals surface area contributed by atoms with Gasteiger partial charge in [0, 0.05) is 11.7 Å². The molecule has 0 aliphatic carbocycles. The average molecular weight is 379 g/mol. The first-order valence-corrected chi connectivity index (χ1v) is 10.6. The first-order valence-electron chi connectivity index (χ1n) is 8.75. The van der Waals surface area contributed by atoms with E-state index >= 15 is 0 Å². The maximum atomic E-state index is 13.1. The van der Waals surface area contributed by atoms with Crippen LogP contribution in [0.25, 0.3) is 0 Å². The van der Waals surface area contributed by atoms with Gasteiger partial charge in [-0.1, -0.05) is 6.07 Å². The lowest BCUT2D eigenvalue weighted by Gasteiger charge is -2.23. The summed E-state index contributed by atoms with van der Waals surface area (Å²) in [5, 5.41) is 2.76. The third-order valence-electron chi connectivity index (χ3n) is 4.73. The molecule has 2 aliphatic rings. The van der Waals surface area contributed by atoms with E-state index in [0.29, 0.717) is 5.69 Å². The minimum Gasteiger partial charge on any atom is -0.352 e. The maximum absolute atomic E-state index is 13.1. The summed E-state index contributed by atoms with van der Waals surface area (Å²) in [6.07, 6.45) is 0. The van der Waals surface area contributed by atoms with Crippen LogP contribution in [0.3, 0.4) is 0 Å². The molecule has 0 radical (unpaired) electrons. The van der Waals surface area contributed by atoms with Crippen molar-refractivity contribution in [2.45, 2.75) is 45.8 Å². The molecule has 2 fully saturated rings. The Morgan fingerprint density at radius 2 is 1.73 bits per heavy atom. The topological polar surface area (TPSA) is 86.8 Å². The number of anilines is 1. The Hall–Kier alpha value is -2.09. The van der Waals surface area contributed by atoms with Crippen molar-refractivity contribution in [1.82, 2.24) is 10.2 Å². The number of nitrogens with one attached hydrogen (secondary N) is 1. The monoisotopic (exact) mass is 379 g/mol. The smallest absolute Gasteiger partial charge is 0.325 e. The van der Waals surface area contributed by atoms with E-state index in [1.54, 1.807) is 4.90 Å². The van der Waals surface area contributed by atoms with Gasteiger partial charge in [-0.25, -0.2) is 13.2 Å². The van der Waals surface area contributed by atoms with Gasteiger partial charge in [0.15, 0.2) is 9.84 Å². The number of benzene rings is 1. The molecule has 1 aromatic rings. The van der Waals surface area contributed by atoms with Crippen LogP contribution in [0.5, 0.6) is 0 Å². The number of hydrogen-bond donors (Lipinski definition) is 1. The Morgan fingerprint density at radius 1 is 1.15 bits per heavy atom. The van der Waals surface area contributed by atoms with E-state index in [4.69, 9.17) is 0 Å². The summed E-state index contributed by atoms with van der Waals surface area (Å²) >= 11 is 0. The van der Waals surface area contributed by atoms with E-state index in [2.05, 4.69) is 5.32 Å². The molecule has 2 atom stereocenters. The second kappa shape index (κ2) is 6.57. The largest absolute Gasteiger partial charge is 0.352 e. The molecule has 8 heteroatoms. The molecule has 2 heterocycles. The van der Waals surface area contributed by atoms with Crippen LogP contribution in [0.15, 0.2) is 18.2 Å². The van der Waals surface area contributed by atoms with Crippen molar-refractivity contribution < 1.29 is 18.0 Å². The number of amides is 3. The van der Waals surface area contributed by atoms with Crippen molar-refractivity contribution >= 4 is 27.5 Å². The van der Waals surface area contributed by atoms with Crippen LogP contribution in [-0.4, -0.2) is 61.4 Å². The highest BCUT2D eigenvalue weighted by atomic mass is 32.2. The molecular weight excluding hydrogens is 354 g/mol. The molecule has 3 amide bonds. The highest BCUT2D eigenvalue weighted by Gasteiger charge is 2.54. The SMILES string of the molecule is Cc1cc(C)cc(N2C(=O)N(CC(=O)NC(C)C)C3CS(=O)(=O)CC32)c1. The van der Waals surface area contributed by atoms with Gasteiger partial charge in [-0.15, -0.1) is 0 Å². The van der Waals surface area contributed by atoms with E-state index in [9.17, 15) is 18.0 Å². The number of sulfone groups is 1. The number of carbonyl (C=O) groups excluding carboxylic acids is 2. The summed E-state index contributed by atoms with van der Waals surface area (Å²) in [6, 6.07) is 4.46. The predicted octanol–water partition coefficient (Wildman–Crippen LogP) is 1.24. The maximum Gasteiger partial charge on any atom is 0.325 e. The van der Waals surface area contributed by atoms with Crippen LogP contribution in [0.2, 0.25) is 0 Å². The number of fused-ring (bicyclic) bond motifs is 1. The second-order valence-corrected chi connectivity index (χ2v) is 9.71. The fraction of sp³-hybridized carbons (Fsp3) is 0.556. The summed E-state index contributed by atoms with van der Waals surface area (Å²) in [5.74, 6) is -0.447. The molecule has 2 aliphatic heterocycles. The van der Waals surface area contributed by atoms with Gasteiger partial charge < -0.3 is 10.2 Å². The molecule has 0 saturated carbocycles. The van der Waals surface area contributed by atoms with E-state index in [1.807, 2.05) is 45.9 Å². The molecule has 1 N–H and O–H groups in total. The molecule has 0 spiro atoms. The Balaban J connectivity index is 1.95. The summed E-state index contributed by atoms with van der Waals surface area (Å²) in [5.41, 5.74) is 2.69. The van der Waals surface area contributed by atoms with Gasteiger partial charge in [-0.2, -0.15) is 0 Å². The zero-order valence-corrected chi connectivity index (χ0v) is 16.3. The Bertz CT molecular complexity index is 830. The van der Waals surface area contributed by atoms with Crippen LogP contribution in [0.4, 0.5) is 10.5 Å². The third kappa shape index (κ3) is 3.56. The van der Waals surface area contributed by atoms with Gasteiger partial charge in [0.2, 0.25) is 5.91 Å². The first kappa shape index (κ1) is 18.7. The number of urea groups is 1. The number of carbonyl (C=O) groups is 2. The van der Waals surface area contributed by atoms with Gasteiger partial charge in [0.1, 0.15) is 6.54 Å². The Morgan fingerprint density at radius 3 is 2.31 bits per heavy atom. The Kier molecular flexibility index (Phi) is 4.72. The zero-order chi connectivity index (χ0) is 19.2. The summed E-state index contributed by atoms with van der Waals surface area (Å²) in [7, 11) is -3.25. The second-order valence-electron chi connectivity index (χ2n) is 7.56. The van der Waals surface area contributed by atoms with E-state index in [0.717, 1.165) is 11.1 Å². The third-order valence-corrected chi connectivity index (χ3v) is 6.42. The molecule has 2 saturated heterocycles. The fourth-order valence-corrected chi connectivity index (χ4v) is 5.83. The number of rotatable bonds is 4. The minimum atomic E-state index is -3.25. The Labute approximate surface area is 154 Å². The predicted molar refractivity (Wildman–Crippen MR) is 100 cm³/mol. The molecule has 3 rings (SSSR count). The first-order chi connectivity index (χ1) is 12.1. The highest BCUT2D eigenvalue weighted by Crippen LogP contribution is 2.35. The number of aryl methyl sites for hydroxylation is 2. The van der Waals surface area contributed by atoms with Crippen molar-refractivity contribution in [1.29, 1.82) is 0 Å². The van der Waals surface area contributed by atoms with Gasteiger partial charge in [-0.05, 0) is 51.0 Å². The van der Waals surface area contributed by atoms with E-state index in [1.165, 1.54) is 4.90 Å². The molecule has 0 bridgehead atoms. The van der Waals surface area contributed by atoms with Crippen molar-refractivity contribution in [3.05, 3.63) is 29.3 Å². The molecule has 26 heavy (non-hydrogen) atoms. The summed E-state index contributed by atoms with van der Waals surface area (Å²) in [4.78, 5) is 28.2. The van der Waals surface area contributed by atoms with Crippen LogP contribution >= 0.6 is 0 Å². The fourth-order valence-electron chi connectivity index (χ4n) is 3.88. The average Bonchev–Trinajstić information content (AvgIpc) is 2.89. The standard InChI is InChI=1S/C18H25N3O4S/c1-11(2)19-17(22)8-20-15-9-26(24,25)10-16(15)21(18(20)23)14-6-12(3)5-13(4)7-14/h5-7,11,15-16H,8-10H2,1-4H3,(H,19,22). The van der Waals surface area contributed by atoms with Gasteiger partial charge >= 0.3 is 6.03 Å². The minimum absolute atomic E-state index is 0.0427. The van der Waals surface area contributed by atoms with E-state index in [-0.39, 0.29) is 36.0 Å². The molecule has 2 unspecified atom stereocenters. The van der Waals surface area contributed by atoms with Gasteiger partial charge in [0.05, 0.1) is 23.6 Å². The summed E-state index contributed by atoms with van der Waals surface area (Å²) < 4.78 is 24.4. The lowest BCUT2D eigenvalue weighted by atomic mass is 10.1. The van der Waals surface area contributed by atoms with E-state index < -0.39 is 21.9 Å². The zero-order valence-electron chi connectivity index (χ0n) is 15.5. The van der Waals surface area contributed by atoms with Crippen molar-refractivity contribution in [3.63, 3.8) is 0 Å². The van der Waals surface area contributed by atoms with Crippen LogP contribution in [-0.2, 0) is 14.6 Å². The van der Waals surface area contributed by atoms with Crippen LogP contribution in [0, 0.1) is 13.8 Å².